The molecule has 2 aromatic rings. The molecular weight excluding hydrogens is 306 g/mol. The molecule has 0 radical (unpaired) electrons. The average molecular weight is 329 g/mol. The molecule has 6 heteroatoms. The van der Waals surface area contributed by atoms with Gasteiger partial charge in [-0.3, -0.25) is 9.58 Å². The van der Waals surface area contributed by atoms with Gasteiger partial charge in [0.25, 0.3) is 0 Å². The van der Waals surface area contributed by atoms with Crippen LogP contribution >= 0.6 is 0 Å². The Bertz CT molecular complexity index is 669. The zero-order chi connectivity index (χ0) is 16.8. The van der Waals surface area contributed by atoms with Crippen molar-refractivity contribution in [1.29, 1.82) is 0 Å². The Kier molecular flexibility index (Phi) is 5.61. The van der Waals surface area contributed by atoms with Gasteiger partial charge in [0.2, 0.25) is 0 Å². The number of rotatable bonds is 6. The van der Waals surface area contributed by atoms with E-state index in [0.717, 1.165) is 38.3 Å². The first-order chi connectivity index (χ1) is 11.8. The highest BCUT2D eigenvalue weighted by atomic mass is 16.5. The van der Waals surface area contributed by atoms with Crippen LogP contribution < -0.4 is 0 Å². The largest absolute Gasteiger partial charge is 0.464 e. The number of carbonyl (C=O) groups excluding carboxylic acids is 1. The van der Waals surface area contributed by atoms with Crippen molar-refractivity contribution in [2.24, 2.45) is 0 Å². The number of nitrogens with zero attached hydrogens (tertiary/aromatic N) is 3. The molecule has 0 bridgehead atoms. The maximum absolute atomic E-state index is 11.6. The Morgan fingerprint density at radius 2 is 2.08 bits per heavy atom. The normalized spacial score (nSPS) is 14.9. The van der Waals surface area contributed by atoms with Gasteiger partial charge < -0.3 is 9.47 Å². The number of hydrogen-bond acceptors (Lipinski definition) is 5. The number of fused-ring (bicyclic) bond motifs is 1. The summed E-state index contributed by atoms with van der Waals surface area (Å²) in [6.07, 6.45) is 1.01. The zero-order valence-corrected chi connectivity index (χ0v) is 14.0. The third kappa shape index (κ3) is 4.21. The van der Waals surface area contributed by atoms with Crippen LogP contribution in [0.3, 0.4) is 0 Å². The third-order valence-electron chi connectivity index (χ3n) is 4.15. The first-order valence-electron chi connectivity index (χ1n) is 8.25. The molecule has 1 aromatic heterocycles. The summed E-state index contributed by atoms with van der Waals surface area (Å²) in [6.45, 7) is 4.80. The van der Waals surface area contributed by atoms with Gasteiger partial charge in [-0.25, -0.2) is 4.79 Å². The van der Waals surface area contributed by atoms with Crippen LogP contribution in [0.4, 0.5) is 0 Å². The van der Waals surface area contributed by atoms with E-state index >= 15 is 0 Å². The van der Waals surface area contributed by atoms with E-state index in [-0.39, 0.29) is 5.97 Å². The molecule has 0 fully saturated rings. The van der Waals surface area contributed by atoms with E-state index in [9.17, 15) is 4.79 Å². The van der Waals surface area contributed by atoms with E-state index in [2.05, 4.69) is 22.1 Å². The quantitative estimate of drug-likeness (QED) is 0.600. The topological polar surface area (TPSA) is 56.6 Å². The molecule has 0 saturated heterocycles. The van der Waals surface area contributed by atoms with Gasteiger partial charge in [0, 0.05) is 26.2 Å². The summed E-state index contributed by atoms with van der Waals surface area (Å²) < 4.78 is 12.4. The Balaban J connectivity index is 1.50. The van der Waals surface area contributed by atoms with Gasteiger partial charge in [-0.1, -0.05) is 30.3 Å². The van der Waals surface area contributed by atoms with E-state index in [1.807, 2.05) is 28.9 Å². The summed E-state index contributed by atoms with van der Waals surface area (Å²) in [6, 6.07) is 12.0. The van der Waals surface area contributed by atoms with Gasteiger partial charge >= 0.3 is 5.97 Å². The fourth-order valence-corrected chi connectivity index (χ4v) is 2.88. The minimum Gasteiger partial charge on any atom is -0.464 e. The Morgan fingerprint density at radius 3 is 2.88 bits per heavy atom. The van der Waals surface area contributed by atoms with Gasteiger partial charge in [0.15, 0.2) is 5.69 Å². The van der Waals surface area contributed by atoms with Crippen LogP contribution in [0, 0.1) is 0 Å². The fraction of sp³-hybridized carbons (Fsp3) is 0.444. The molecule has 0 N–H and O–H groups in total. The van der Waals surface area contributed by atoms with Crippen LogP contribution in [0.5, 0.6) is 0 Å². The molecule has 6 nitrogen and oxygen atoms in total. The van der Waals surface area contributed by atoms with Crippen molar-refractivity contribution in [2.45, 2.75) is 26.1 Å². The standard InChI is InChI=1S/C18H23N3O3/c1-23-18(22)17-12-16-13-20(8-5-9-21(16)19-17)10-11-24-14-15-6-3-2-4-7-15/h2-4,6-7,12H,5,8-11,13-14H2,1H3. The van der Waals surface area contributed by atoms with Crippen LogP contribution in [-0.4, -0.2) is 47.5 Å². The fourth-order valence-electron chi connectivity index (χ4n) is 2.88. The molecule has 1 aliphatic rings. The number of methoxy groups -OCH3 is 1. The number of carbonyl (C=O) groups is 1. The van der Waals surface area contributed by atoms with Gasteiger partial charge in [0.1, 0.15) is 0 Å². The van der Waals surface area contributed by atoms with E-state index < -0.39 is 0 Å². The maximum atomic E-state index is 11.6. The van der Waals surface area contributed by atoms with Crippen LogP contribution in [0.15, 0.2) is 36.4 Å². The van der Waals surface area contributed by atoms with E-state index in [1.165, 1.54) is 12.7 Å². The van der Waals surface area contributed by atoms with Crippen LogP contribution in [0.25, 0.3) is 0 Å². The van der Waals surface area contributed by atoms with Crippen molar-refractivity contribution in [3.63, 3.8) is 0 Å². The van der Waals surface area contributed by atoms with Crippen LogP contribution in [0.2, 0.25) is 0 Å². The molecule has 1 aromatic carbocycles. The van der Waals surface area contributed by atoms with Gasteiger partial charge in [0.05, 0.1) is 26.0 Å². The number of aryl methyl sites for hydroxylation is 1. The van der Waals surface area contributed by atoms with E-state index in [1.54, 1.807) is 0 Å². The first-order valence-corrected chi connectivity index (χ1v) is 8.25. The Hall–Kier alpha value is -2.18. The minimum atomic E-state index is -0.381. The number of hydrogen-bond donors (Lipinski definition) is 0. The molecule has 3 rings (SSSR count). The van der Waals surface area contributed by atoms with Gasteiger partial charge in [-0.15, -0.1) is 0 Å². The van der Waals surface area contributed by atoms with Crippen molar-refractivity contribution >= 4 is 5.97 Å². The monoisotopic (exact) mass is 329 g/mol. The molecule has 0 unspecified atom stereocenters. The predicted molar refractivity (Wildman–Crippen MR) is 89.6 cm³/mol. The molecule has 0 atom stereocenters. The third-order valence-corrected chi connectivity index (χ3v) is 4.15. The lowest BCUT2D eigenvalue weighted by Crippen LogP contribution is -2.27. The smallest absolute Gasteiger partial charge is 0.358 e. The molecular formula is C18H23N3O3. The molecule has 1 aliphatic heterocycles. The minimum absolute atomic E-state index is 0.381. The second kappa shape index (κ2) is 8.08. The molecule has 128 valence electrons. The summed E-state index contributed by atoms with van der Waals surface area (Å²) in [5, 5.41) is 4.34. The summed E-state index contributed by atoms with van der Waals surface area (Å²) in [5.41, 5.74) is 2.62. The molecule has 0 amide bonds. The van der Waals surface area contributed by atoms with Gasteiger partial charge in [-0.05, 0) is 18.1 Å². The lowest BCUT2D eigenvalue weighted by Gasteiger charge is -2.19. The maximum Gasteiger partial charge on any atom is 0.358 e. The number of aromatic nitrogens is 2. The number of ether oxygens (including phenoxy) is 2. The molecule has 0 spiro atoms. The second-order valence-corrected chi connectivity index (χ2v) is 5.90. The predicted octanol–water partition coefficient (Wildman–Crippen LogP) is 2.09. The summed E-state index contributed by atoms with van der Waals surface area (Å²) in [7, 11) is 1.38. The highest BCUT2D eigenvalue weighted by Crippen LogP contribution is 2.14. The first kappa shape index (κ1) is 16.7. The van der Waals surface area contributed by atoms with Crippen LogP contribution in [-0.2, 0) is 29.2 Å². The number of benzene rings is 1. The zero-order valence-electron chi connectivity index (χ0n) is 14.0. The van der Waals surface area contributed by atoms with Crippen molar-refractivity contribution in [2.75, 3.05) is 26.8 Å². The van der Waals surface area contributed by atoms with E-state index in [0.29, 0.717) is 18.9 Å². The highest BCUT2D eigenvalue weighted by Gasteiger charge is 2.19. The molecule has 24 heavy (non-hydrogen) atoms. The van der Waals surface area contributed by atoms with Crippen molar-refractivity contribution in [1.82, 2.24) is 14.7 Å². The summed E-state index contributed by atoms with van der Waals surface area (Å²) in [4.78, 5) is 14.0. The Morgan fingerprint density at radius 1 is 1.25 bits per heavy atom. The molecule has 2 heterocycles. The lowest BCUT2D eigenvalue weighted by molar-refractivity contribution is 0.0592. The molecule has 0 aliphatic carbocycles. The lowest BCUT2D eigenvalue weighted by atomic mass is 10.2. The van der Waals surface area contributed by atoms with Crippen molar-refractivity contribution in [3.8, 4) is 0 Å². The number of esters is 1. The van der Waals surface area contributed by atoms with Crippen molar-refractivity contribution in [3.05, 3.63) is 53.3 Å². The SMILES string of the molecule is COC(=O)c1cc2n(n1)CCCN(CCOCc1ccccc1)C2. The van der Waals surface area contributed by atoms with Crippen LogP contribution in [0.1, 0.15) is 28.2 Å². The average Bonchev–Trinajstić information content (AvgIpc) is 2.92. The highest BCUT2D eigenvalue weighted by molar-refractivity contribution is 5.87. The van der Waals surface area contributed by atoms with E-state index in [4.69, 9.17) is 9.47 Å². The summed E-state index contributed by atoms with van der Waals surface area (Å²) >= 11 is 0. The van der Waals surface area contributed by atoms with Gasteiger partial charge in [-0.2, -0.15) is 5.10 Å². The Labute approximate surface area is 142 Å². The van der Waals surface area contributed by atoms with Crippen molar-refractivity contribution < 1.29 is 14.3 Å². The summed E-state index contributed by atoms with van der Waals surface area (Å²) in [5.74, 6) is -0.381. The molecule has 0 saturated carbocycles. The second-order valence-electron chi connectivity index (χ2n) is 5.90.